The quantitative estimate of drug-likeness (QED) is 0.744. The minimum atomic E-state index is -0.226. The number of fused-ring (bicyclic) bond motifs is 1. The van der Waals surface area contributed by atoms with Crippen LogP contribution < -0.4 is 15.8 Å². The van der Waals surface area contributed by atoms with Gasteiger partial charge in [-0.25, -0.2) is 4.98 Å². The number of aryl methyl sites for hydroxylation is 1. The van der Waals surface area contributed by atoms with E-state index in [2.05, 4.69) is 20.4 Å². The Bertz CT molecular complexity index is 990. The molecule has 8 heteroatoms. The van der Waals surface area contributed by atoms with E-state index in [-0.39, 0.29) is 24.4 Å². The SMILES string of the molecule is O=C(CCn1c(=O)c(N2CCCCC2)nc2ccccc21)Nc1ccon1. The first-order valence-electron chi connectivity index (χ1n) is 9.17. The van der Waals surface area contributed by atoms with Gasteiger partial charge in [0.15, 0.2) is 11.6 Å². The molecule has 0 spiro atoms. The van der Waals surface area contributed by atoms with E-state index in [4.69, 9.17) is 4.52 Å². The smallest absolute Gasteiger partial charge is 0.294 e. The van der Waals surface area contributed by atoms with Crippen molar-refractivity contribution in [3.63, 3.8) is 0 Å². The normalized spacial score (nSPS) is 14.4. The number of carbonyl (C=O) groups excluding carboxylic acids is 1. The number of hydrogen-bond acceptors (Lipinski definition) is 6. The van der Waals surface area contributed by atoms with E-state index >= 15 is 0 Å². The van der Waals surface area contributed by atoms with Gasteiger partial charge < -0.3 is 19.3 Å². The van der Waals surface area contributed by atoms with Gasteiger partial charge in [-0.3, -0.25) is 9.59 Å². The van der Waals surface area contributed by atoms with E-state index in [0.717, 1.165) is 37.0 Å². The van der Waals surface area contributed by atoms with Crippen molar-refractivity contribution in [3.8, 4) is 0 Å². The number of anilines is 2. The molecule has 0 atom stereocenters. The van der Waals surface area contributed by atoms with Crippen LogP contribution in [0.5, 0.6) is 0 Å². The van der Waals surface area contributed by atoms with Crippen molar-refractivity contribution in [1.29, 1.82) is 0 Å². The van der Waals surface area contributed by atoms with Crippen LogP contribution in [0.2, 0.25) is 0 Å². The third kappa shape index (κ3) is 3.69. The van der Waals surface area contributed by atoms with E-state index < -0.39 is 0 Å². The van der Waals surface area contributed by atoms with Gasteiger partial charge in [-0.2, -0.15) is 0 Å². The number of para-hydroxylation sites is 2. The molecule has 3 aromatic rings. The molecule has 1 saturated heterocycles. The Kier molecular flexibility index (Phi) is 4.86. The Balaban J connectivity index is 1.62. The van der Waals surface area contributed by atoms with Crippen LogP contribution in [0, 0.1) is 0 Å². The van der Waals surface area contributed by atoms with E-state index in [9.17, 15) is 9.59 Å². The third-order valence-electron chi connectivity index (χ3n) is 4.76. The molecule has 4 rings (SSSR count). The lowest BCUT2D eigenvalue weighted by atomic mass is 10.1. The molecule has 1 aromatic carbocycles. The van der Waals surface area contributed by atoms with E-state index in [1.54, 1.807) is 10.6 Å². The maximum Gasteiger partial charge on any atom is 0.294 e. The first-order valence-corrected chi connectivity index (χ1v) is 9.17. The van der Waals surface area contributed by atoms with Gasteiger partial charge in [0.25, 0.3) is 5.56 Å². The summed E-state index contributed by atoms with van der Waals surface area (Å²) < 4.78 is 6.35. The molecule has 1 amide bonds. The van der Waals surface area contributed by atoms with Crippen molar-refractivity contribution in [2.75, 3.05) is 23.3 Å². The van der Waals surface area contributed by atoms with Gasteiger partial charge in [-0.05, 0) is 31.4 Å². The number of rotatable bonds is 5. The van der Waals surface area contributed by atoms with Crippen LogP contribution in [-0.4, -0.2) is 33.7 Å². The molecule has 140 valence electrons. The summed E-state index contributed by atoms with van der Waals surface area (Å²) in [4.78, 5) is 32.0. The molecule has 27 heavy (non-hydrogen) atoms. The third-order valence-corrected chi connectivity index (χ3v) is 4.76. The summed E-state index contributed by atoms with van der Waals surface area (Å²) >= 11 is 0. The summed E-state index contributed by atoms with van der Waals surface area (Å²) in [5.41, 5.74) is 1.34. The minimum Gasteiger partial charge on any atom is -0.363 e. The molecule has 1 aliphatic rings. The van der Waals surface area contributed by atoms with Gasteiger partial charge in [-0.15, -0.1) is 0 Å². The van der Waals surface area contributed by atoms with Crippen molar-refractivity contribution in [2.45, 2.75) is 32.2 Å². The van der Waals surface area contributed by atoms with Crippen LogP contribution in [0.3, 0.4) is 0 Å². The van der Waals surface area contributed by atoms with Gasteiger partial charge in [0.1, 0.15) is 6.26 Å². The highest BCUT2D eigenvalue weighted by atomic mass is 16.5. The summed E-state index contributed by atoms with van der Waals surface area (Å²) in [6.07, 6.45) is 4.85. The lowest BCUT2D eigenvalue weighted by molar-refractivity contribution is -0.116. The highest BCUT2D eigenvalue weighted by Gasteiger charge is 2.19. The summed E-state index contributed by atoms with van der Waals surface area (Å²) in [7, 11) is 0. The van der Waals surface area contributed by atoms with Crippen molar-refractivity contribution in [2.24, 2.45) is 0 Å². The Morgan fingerprint density at radius 3 is 2.74 bits per heavy atom. The number of hydrogen-bond donors (Lipinski definition) is 1. The molecule has 0 aliphatic carbocycles. The second-order valence-corrected chi connectivity index (χ2v) is 6.61. The van der Waals surface area contributed by atoms with Gasteiger partial charge in [-0.1, -0.05) is 17.3 Å². The van der Waals surface area contributed by atoms with Crippen LogP contribution in [0.1, 0.15) is 25.7 Å². The van der Waals surface area contributed by atoms with Gasteiger partial charge in [0.05, 0.1) is 11.0 Å². The number of benzene rings is 1. The molecule has 0 radical (unpaired) electrons. The van der Waals surface area contributed by atoms with Crippen molar-refractivity contribution < 1.29 is 9.32 Å². The fourth-order valence-corrected chi connectivity index (χ4v) is 3.41. The molecule has 3 heterocycles. The average Bonchev–Trinajstić information content (AvgIpc) is 3.20. The molecule has 0 saturated carbocycles. The Hall–Kier alpha value is -3.16. The van der Waals surface area contributed by atoms with Crippen LogP contribution >= 0.6 is 0 Å². The first-order chi connectivity index (χ1) is 13.2. The number of nitrogens with one attached hydrogen (secondary N) is 1. The Morgan fingerprint density at radius 1 is 1.15 bits per heavy atom. The first kappa shape index (κ1) is 17.3. The largest absolute Gasteiger partial charge is 0.363 e. The average molecular weight is 367 g/mol. The maximum atomic E-state index is 13.1. The predicted octanol–water partition coefficient (Wildman–Crippen LogP) is 2.40. The second kappa shape index (κ2) is 7.61. The maximum absolute atomic E-state index is 13.1. The fourth-order valence-electron chi connectivity index (χ4n) is 3.41. The second-order valence-electron chi connectivity index (χ2n) is 6.61. The zero-order valence-corrected chi connectivity index (χ0v) is 14.9. The van der Waals surface area contributed by atoms with Crippen LogP contribution in [0.15, 0.2) is 45.9 Å². The van der Waals surface area contributed by atoms with Crippen molar-refractivity contribution in [3.05, 3.63) is 46.9 Å². The number of aromatic nitrogens is 3. The molecular formula is C19H21N5O3. The topological polar surface area (TPSA) is 93.3 Å². The van der Waals surface area contributed by atoms with E-state index in [0.29, 0.717) is 11.6 Å². The monoisotopic (exact) mass is 367 g/mol. The zero-order valence-electron chi connectivity index (χ0n) is 14.9. The highest BCUT2D eigenvalue weighted by Crippen LogP contribution is 2.18. The van der Waals surface area contributed by atoms with Gasteiger partial charge >= 0.3 is 0 Å². The summed E-state index contributed by atoms with van der Waals surface area (Å²) in [5, 5.41) is 6.31. The Morgan fingerprint density at radius 2 is 1.96 bits per heavy atom. The molecule has 0 bridgehead atoms. The lowest BCUT2D eigenvalue weighted by Gasteiger charge is -2.27. The van der Waals surface area contributed by atoms with E-state index in [1.807, 2.05) is 24.3 Å². The van der Waals surface area contributed by atoms with Crippen LogP contribution in [-0.2, 0) is 11.3 Å². The van der Waals surface area contributed by atoms with Gasteiger partial charge in [0, 0.05) is 32.1 Å². The lowest BCUT2D eigenvalue weighted by Crippen LogP contribution is -2.37. The summed E-state index contributed by atoms with van der Waals surface area (Å²) in [6.45, 7) is 1.95. The van der Waals surface area contributed by atoms with Crippen molar-refractivity contribution in [1.82, 2.24) is 14.7 Å². The number of carbonyl (C=O) groups is 1. The molecule has 1 N–H and O–H groups in total. The van der Waals surface area contributed by atoms with Crippen LogP contribution in [0.25, 0.3) is 11.0 Å². The molecule has 8 nitrogen and oxygen atoms in total. The number of piperidine rings is 1. The molecular weight excluding hydrogens is 346 g/mol. The van der Waals surface area contributed by atoms with Gasteiger partial charge in [0.2, 0.25) is 5.91 Å². The molecule has 2 aromatic heterocycles. The fraction of sp³-hybridized carbons (Fsp3) is 0.368. The molecule has 1 fully saturated rings. The highest BCUT2D eigenvalue weighted by molar-refractivity contribution is 5.89. The van der Waals surface area contributed by atoms with E-state index in [1.165, 1.54) is 12.7 Å². The number of nitrogens with zero attached hydrogens (tertiary/aromatic N) is 4. The van der Waals surface area contributed by atoms with Crippen LogP contribution in [0.4, 0.5) is 11.6 Å². The summed E-state index contributed by atoms with van der Waals surface area (Å²) in [5.74, 6) is 0.613. The van der Waals surface area contributed by atoms with Crippen molar-refractivity contribution >= 4 is 28.6 Å². The predicted molar refractivity (Wildman–Crippen MR) is 102 cm³/mol. The zero-order chi connectivity index (χ0) is 18.6. The Labute approximate surface area is 155 Å². The standard InChI is InChI=1S/C19H21N5O3/c25-17(21-16-9-13-27-22-16)8-12-24-15-7-3-2-6-14(15)20-18(19(24)26)23-10-4-1-5-11-23/h2-3,6-7,9,13H,1,4-5,8,10-12H2,(H,21,22,25). The number of amides is 1. The summed E-state index contributed by atoms with van der Waals surface area (Å²) in [6, 6.07) is 9.10. The molecule has 0 unspecified atom stereocenters. The minimum absolute atomic E-state index is 0.148. The molecule has 1 aliphatic heterocycles.